The molecule has 0 saturated heterocycles. The monoisotopic (exact) mass is 310 g/mol. The summed E-state index contributed by atoms with van der Waals surface area (Å²) in [6.07, 6.45) is 0. The Kier molecular flexibility index (Phi) is 8.20. The van der Waals surface area contributed by atoms with E-state index in [1.54, 1.807) is 0 Å². The van der Waals surface area contributed by atoms with Crippen molar-refractivity contribution in [1.29, 1.82) is 0 Å². The molecule has 0 aliphatic heterocycles. The molecule has 0 atom stereocenters. The molecule has 1 heteroatoms. The summed E-state index contributed by atoms with van der Waals surface area (Å²) in [7, 11) is 0. The molecule has 0 bridgehead atoms. The maximum absolute atomic E-state index is 2.98. The molecule has 0 radical (unpaired) electrons. The summed E-state index contributed by atoms with van der Waals surface area (Å²) in [5.41, 5.74) is 2.01. The van der Waals surface area contributed by atoms with Gasteiger partial charge >= 0.3 is 17.1 Å². The molecule has 0 amide bonds. The van der Waals surface area contributed by atoms with E-state index in [1.165, 1.54) is 0 Å². The van der Waals surface area contributed by atoms with Gasteiger partial charge in [0.15, 0.2) is 0 Å². The third kappa shape index (κ3) is 7.05. The molecule has 102 valence electrons. The van der Waals surface area contributed by atoms with Gasteiger partial charge in [-0.15, -0.1) is 18.1 Å². The molecular weight excluding hydrogens is 296 g/mol. The van der Waals surface area contributed by atoms with Crippen molar-refractivity contribution in [1.82, 2.24) is 0 Å². The van der Waals surface area contributed by atoms with Gasteiger partial charge in [-0.05, 0) is 12.1 Å². The number of rotatable bonds is 0. The standard InChI is InChI=1S/C15H9.C5H5.Fe/c1-2-8-14(9-3-1)10-4-5-11-15-12-6-7-13-15;1-2-4-5-3-1;/h1-3,6-9,12-13H;1-5H;/q2*-1;+2. The molecule has 0 aliphatic rings. The van der Waals surface area contributed by atoms with Crippen LogP contribution in [0.4, 0.5) is 0 Å². The van der Waals surface area contributed by atoms with Crippen molar-refractivity contribution >= 4 is 0 Å². The molecule has 0 heterocycles. The molecule has 3 aromatic rings. The maximum atomic E-state index is 2.98. The van der Waals surface area contributed by atoms with Gasteiger partial charge in [0.25, 0.3) is 0 Å². The molecule has 0 fully saturated rings. The Bertz CT molecular complexity index is 680. The molecule has 21 heavy (non-hydrogen) atoms. The summed E-state index contributed by atoms with van der Waals surface area (Å²) in [6, 6.07) is 27.7. The van der Waals surface area contributed by atoms with Gasteiger partial charge in [0.1, 0.15) is 0 Å². The summed E-state index contributed by atoms with van der Waals surface area (Å²) in [5.74, 6) is 11.6. The minimum atomic E-state index is 0. The first-order valence-corrected chi connectivity index (χ1v) is 6.40. The zero-order valence-corrected chi connectivity index (χ0v) is 12.5. The summed E-state index contributed by atoms with van der Waals surface area (Å²) in [6.45, 7) is 0. The third-order valence-corrected chi connectivity index (χ3v) is 2.47. The summed E-state index contributed by atoms with van der Waals surface area (Å²) in [4.78, 5) is 0. The Balaban J connectivity index is 0.000000313. The Morgan fingerprint density at radius 2 is 1.43 bits per heavy atom. The quantitative estimate of drug-likeness (QED) is 0.331. The first-order valence-electron chi connectivity index (χ1n) is 6.40. The Morgan fingerprint density at radius 3 is 2.00 bits per heavy atom. The maximum Gasteiger partial charge on any atom is 2.00 e. The second-order valence-electron chi connectivity index (χ2n) is 4.00. The molecule has 0 saturated carbocycles. The van der Waals surface area contributed by atoms with E-state index in [9.17, 15) is 0 Å². The molecule has 0 unspecified atom stereocenters. The van der Waals surface area contributed by atoms with E-state index in [2.05, 4.69) is 23.7 Å². The fourth-order valence-electron chi connectivity index (χ4n) is 1.51. The predicted octanol–water partition coefficient (Wildman–Crippen LogP) is 4.21. The van der Waals surface area contributed by atoms with Crippen molar-refractivity contribution < 1.29 is 17.1 Å². The van der Waals surface area contributed by atoms with E-state index in [1.807, 2.05) is 84.9 Å². The van der Waals surface area contributed by atoms with Gasteiger partial charge < -0.3 is 0 Å². The Hall–Kier alpha value is -2.44. The van der Waals surface area contributed by atoms with Gasteiger partial charge in [0.05, 0.1) is 0 Å². The first-order chi connectivity index (χ1) is 9.95. The fourth-order valence-corrected chi connectivity index (χ4v) is 1.51. The number of hydrogen-bond donors (Lipinski definition) is 0. The van der Waals surface area contributed by atoms with Crippen LogP contribution in [0.5, 0.6) is 0 Å². The Labute approximate surface area is 137 Å². The van der Waals surface area contributed by atoms with Crippen LogP contribution in [-0.2, 0) is 17.1 Å². The smallest absolute Gasteiger partial charge is 0.214 e. The molecule has 0 aliphatic carbocycles. The molecule has 3 aromatic carbocycles. The van der Waals surface area contributed by atoms with Gasteiger partial charge in [-0.2, -0.15) is 36.3 Å². The van der Waals surface area contributed by atoms with E-state index >= 15 is 0 Å². The number of hydrogen-bond acceptors (Lipinski definition) is 0. The van der Waals surface area contributed by atoms with Crippen molar-refractivity contribution in [2.45, 2.75) is 0 Å². The van der Waals surface area contributed by atoms with Crippen LogP contribution < -0.4 is 0 Å². The van der Waals surface area contributed by atoms with E-state index in [0.29, 0.717) is 0 Å². The van der Waals surface area contributed by atoms with Crippen LogP contribution in [0, 0.1) is 23.7 Å². The second-order valence-corrected chi connectivity index (χ2v) is 4.00. The van der Waals surface area contributed by atoms with E-state index in [0.717, 1.165) is 11.1 Å². The SMILES string of the molecule is C(C#C[c-]1cccc1)#Cc1ccccc1.[Fe+2].c1cc[cH-]c1. The molecule has 3 rings (SSSR count). The Morgan fingerprint density at radius 1 is 0.762 bits per heavy atom. The normalized spacial score (nSPS) is 7.81. The zero-order chi connectivity index (χ0) is 13.9. The average molecular weight is 310 g/mol. The summed E-state index contributed by atoms with van der Waals surface area (Å²) >= 11 is 0. The third-order valence-electron chi connectivity index (χ3n) is 2.47. The van der Waals surface area contributed by atoms with Crippen molar-refractivity contribution in [3.8, 4) is 23.7 Å². The summed E-state index contributed by atoms with van der Waals surface area (Å²) in [5, 5.41) is 0. The van der Waals surface area contributed by atoms with Crippen molar-refractivity contribution in [3.63, 3.8) is 0 Å². The predicted molar refractivity (Wildman–Crippen MR) is 84.3 cm³/mol. The van der Waals surface area contributed by atoms with Gasteiger partial charge in [0, 0.05) is 5.56 Å². The topological polar surface area (TPSA) is 0 Å². The van der Waals surface area contributed by atoms with Crippen LogP contribution in [0.1, 0.15) is 11.1 Å². The van der Waals surface area contributed by atoms with Crippen LogP contribution >= 0.6 is 0 Å². The van der Waals surface area contributed by atoms with Crippen molar-refractivity contribution in [3.05, 3.63) is 96.1 Å². The largest absolute Gasteiger partial charge is 2.00 e. The molecule has 0 N–H and O–H groups in total. The zero-order valence-electron chi connectivity index (χ0n) is 11.4. The van der Waals surface area contributed by atoms with Gasteiger partial charge in [-0.25, -0.2) is 12.1 Å². The van der Waals surface area contributed by atoms with Crippen LogP contribution in [0.3, 0.4) is 0 Å². The van der Waals surface area contributed by atoms with Crippen molar-refractivity contribution in [2.75, 3.05) is 0 Å². The van der Waals surface area contributed by atoms with Crippen LogP contribution in [0.15, 0.2) is 84.9 Å². The van der Waals surface area contributed by atoms with Crippen LogP contribution in [0.25, 0.3) is 0 Å². The first kappa shape index (κ1) is 16.6. The van der Waals surface area contributed by atoms with E-state index in [4.69, 9.17) is 0 Å². The minimum absolute atomic E-state index is 0. The fraction of sp³-hybridized carbons (Fsp3) is 0. The van der Waals surface area contributed by atoms with Gasteiger partial charge in [0.2, 0.25) is 0 Å². The molecular formula is C20H14Fe. The van der Waals surface area contributed by atoms with Crippen molar-refractivity contribution in [2.24, 2.45) is 0 Å². The second kappa shape index (κ2) is 10.4. The van der Waals surface area contributed by atoms with Gasteiger partial charge in [-0.1, -0.05) is 35.6 Å². The minimum Gasteiger partial charge on any atom is -0.214 e. The molecule has 0 aromatic heterocycles. The molecule has 0 nitrogen and oxygen atoms in total. The van der Waals surface area contributed by atoms with E-state index in [-0.39, 0.29) is 17.1 Å². The van der Waals surface area contributed by atoms with Gasteiger partial charge in [-0.3, -0.25) is 0 Å². The van der Waals surface area contributed by atoms with Crippen LogP contribution in [0.2, 0.25) is 0 Å². The molecule has 0 spiro atoms. The number of benzene rings is 1. The van der Waals surface area contributed by atoms with Crippen LogP contribution in [-0.4, -0.2) is 0 Å². The average Bonchev–Trinajstić information content (AvgIpc) is 3.20. The summed E-state index contributed by atoms with van der Waals surface area (Å²) < 4.78 is 0. The van der Waals surface area contributed by atoms with E-state index < -0.39 is 0 Å².